The average Bonchev–Trinajstić information content (AvgIpc) is 2.65. The van der Waals surface area contributed by atoms with Crippen LogP contribution >= 0.6 is 0 Å². The van der Waals surface area contributed by atoms with Crippen molar-refractivity contribution in [2.24, 2.45) is 11.3 Å². The minimum absolute atomic E-state index is 0.354. The molecule has 0 radical (unpaired) electrons. The second-order valence-electron chi connectivity index (χ2n) is 7.41. The van der Waals surface area contributed by atoms with Crippen molar-refractivity contribution in [1.29, 1.82) is 0 Å². The Hall–Kier alpha value is -0.890. The van der Waals surface area contributed by atoms with Crippen molar-refractivity contribution in [2.45, 2.75) is 71.9 Å². The number of nitrogens with zero attached hydrogens (tertiary/aromatic N) is 1. The molecule has 1 aromatic heterocycles. The SMILES string of the molecule is C[C@H](NC1CCCC(C(C)(C)C)CC1)c1ccccn1. The van der Waals surface area contributed by atoms with Crippen LogP contribution in [-0.2, 0) is 0 Å². The Bertz CT molecular complexity index is 394. The molecular formula is C18H30N2. The molecule has 1 saturated carbocycles. The zero-order chi connectivity index (χ0) is 14.6. The summed E-state index contributed by atoms with van der Waals surface area (Å²) in [5, 5.41) is 3.78. The van der Waals surface area contributed by atoms with Crippen LogP contribution < -0.4 is 5.32 Å². The summed E-state index contributed by atoms with van der Waals surface area (Å²) in [6.45, 7) is 9.40. The molecule has 1 fully saturated rings. The van der Waals surface area contributed by atoms with Gasteiger partial charge in [-0.15, -0.1) is 0 Å². The first kappa shape index (κ1) is 15.5. The van der Waals surface area contributed by atoms with Crippen molar-refractivity contribution >= 4 is 0 Å². The van der Waals surface area contributed by atoms with E-state index in [4.69, 9.17) is 0 Å². The van der Waals surface area contributed by atoms with E-state index in [9.17, 15) is 0 Å². The molecule has 0 amide bonds. The van der Waals surface area contributed by atoms with Crippen molar-refractivity contribution in [3.63, 3.8) is 0 Å². The van der Waals surface area contributed by atoms with E-state index in [0.29, 0.717) is 17.5 Å². The summed E-state index contributed by atoms with van der Waals surface area (Å²) in [6, 6.07) is 7.18. The van der Waals surface area contributed by atoms with Crippen LogP contribution in [0.5, 0.6) is 0 Å². The highest BCUT2D eigenvalue weighted by Gasteiger charge is 2.28. The Morgan fingerprint density at radius 1 is 1.15 bits per heavy atom. The molecule has 1 heterocycles. The van der Waals surface area contributed by atoms with Gasteiger partial charge >= 0.3 is 0 Å². The second-order valence-corrected chi connectivity index (χ2v) is 7.41. The number of pyridine rings is 1. The maximum atomic E-state index is 4.46. The predicted octanol–water partition coefficient (Wildman–Crippen LogP) is 4.73. The highest BCUT2D eigenvalue weighted by atomic mass is 15.0. The average molecular weight is 274 g/mol. The number of hydrogen-bond acceptors (Lipinski definition) is 2. The largest absolute Gasteiger partial charge is 0.306 e. The third-order valence-corrected chi connectivity index (χ3v) is 4.81. The van der Waals surface area contributed by atoms with E-state index >= 15 is 0 Å². The van der Waals surface area contributed by atoms with Gasteiger partial charge in [0.25, 0.3) is 0 Å². The molecule has 20 heavy (non-hydrogen) atoms. The topological polar surface area (TPSA) is 24.9 Å². The highest BCUT2D eigenvalue weighted by Crippen LogP contribution is 2.37. The maximum absolute atomic E-state index is 4.46. The van der Waals surface area contributed by atoms with Crippen molar-refractivity contribution in [3.05, 3.63) is 30.1 Å². The molecule has 0 bridgehead atoms. The molecule has 1 aromatic rings. The lowest BCUT2D eigenvalue weighted by molar-refractivity contribution is 0.213. The van der Waals surface area contributed by atoms with Gasteiger partial charge in [0.1, 0.15) is 0 Å². The van der Waals surface area contributed by atoms with Crippen molar-refractivity contribution in [2.75, 3.05) is 0 Å². The Kier molecular flexibility index (Phi) is 5.20. The van der Waals surface area contributed by atoms with Crippen molar-refractivity contribution in [1.82, 2.24) is 10.3 Å². The van der Waals surface area contributed by atoms with Gasteiger partial charge in [0, 0.05) is 18.3 Å². The summed E-state index contributed by atoms with van der Waals surface area (Å²) in [4.78, 5) is 4.46. The van der Waals surface area contributed by atoms with Gasteiger partial charge in [-0.2, -0.15) is 0 Å². The normalized spacial score (nSPS) is 26.0. The standard InChI is InChI=1S/C18H30N2/c1-14(17-10-5-6-13-19-17)20-16-9-7-8-15(11-12-16)18(2,3)4/h5-6,10,13-16,20H,7-9,11-12H2,1-4H3/t14-,15?,16?/m0/s1. The number of hydrogen-bond donors (Lipinski definition) is 1. The molecule has 1 aliphatic carbocycles. The first-order valence-corrected chi connectivity index (χ1v) is 8.14. The fourth-order valence-corrected chi connectivity index (χ4v) is 3.41. The van der Waals surface area contributed by atoms with Crippen LogP contribution in [0.15, 0.2) is 24.4 Å². The third kappa shape index (κ3) is 4.31. The number of aromatic nitrogens is 1. The first-order chi connectivity index (χ1) is 9.47. The van der Waals surface area contributed by atoms with Gasteiger partial charge in [-0.3, -0.25) is 4.98 Å². The summed E-state index contributed by atoms with van der Waals surface area (Å²) in [7, 11) is 0. The quantitative estimate of drug-likeness (QED) is 0.806. The van der Waals surface area contributed by atoms with Crippen LogP contribution in [0.1, 0.15) is 71.5 Å². The molecule has 1 N–H and O–H groups in total. The van der Waals surface area contributed by atoms with Gasteiger partial charge < -0.3 is 5.32 Å². The van der Waals surface area contributed by atoms with Crippen LogP contribution in [0.25, 0.3) is 0 Å². The van der Waals surface area contributed by atoms with Crippen LogP contribution in [0.4, 0.5) is 0 Å². The summed E-state index contributed by atoms with van der Waals surface area (Å²) < 4.78 is 0. The monoisotopic (exact) mass is 274 g/mol. The molecule has 0 aromatic carbocycles. The Labute approximate surface area is 124 Å². The summed E-state index contributed by atoms with van der Waals surface area (Å²) >= 11 is 0. The predicted molar refractivity (Wildman–Crippen MR) is 85.6 cm³/mol. The summed E-state index contributed by atoms with van der Waals surface area (Å²) in [6.07, 6.45) is 8.60. The molecule has 0 spiro atoms. The third-order valence-electron chi connectivity index (χ3n) is 4.81. The summed E-state index contributed by atoms with van der Waals surface area (Å²) in [5.74, 6) is 0.874. The first-order valence-electron chi connectivity index (χ1n) is 8.14. The minimum atomic E-state index is 0.354. The fourth-order valence-electron chi connectivity index (χ4n) is 3.41. The molecule has 2 nitrogen and oxygen atoms in total. The molecular weight excluding hydrogens is 244 g/mol. The summed E-state index contributed by atoms with van der Waals surface area (Å²) in [5.41, 5.74) is 1.62. The smallest absolute Gasteiger partial charge is 0.0570 e. The minimum Gasteiger partial charge on any atom is -0.306 e. The van der Waals surface area contributed by atoms with Gasteiger partial charge in [-0.1, -0.05) is 33.3 Å². The molecule has 2 unspecified atom stereocenters. The van der Waals surface area contributed by atoms with E-state index in [-0.39, 0.29) is 0 Å². The molecule has 0 aliphatic heterocycles. The van der Waals surface area contributed by atoms with E-state index in [2.05, 4.69) is 50.1 Å². The molecule has 0 saturated heterocycles. The zero-order valence-electron chi connectivity index (χ0n) is 13.5. The number of nitrogens with one attached hydrogen (secondary N) is 1. The fraction of sp³-hybridized carbons (Fsp3) is 0.722. The second kappa shape index (κ2) is 6.71. The van der Waals surface area contributed by atoms with Crippen LogP contribution in [0.3, 0.4) is 0 Å². The molecule has 112 valence electrons. The lowest BCUT2D eigenvalue weighted by atomic mass is 9.76. The van der Waals surface area contributed by atoms with Crippen LogP contribution in [0, 0.1) is 11.3 Å². The van der Waals surface area contributed by atoms with Gasteiger partial charge in [-0.05, 0) is 56.1 Å². The van der Waals surface area contributed by atoms with E-state index in [1.54, 1.807) is 0 Å². The van der Waals surface area contributed by atoms with Crippen LogP contribution in [-0.4, -0.2) is 11.0 Å². The van der Waals surface area contributed by atoms with E-state index in [1.807, 2.05) is 12.3 Å². The number of rotatable bonds is 3. The maximum Gasteiger partial charge on any atom is 0.0570 e. The van der Waals surface area contributed by atoms with E-state index < -0.39 is 0 Å². The van der Waals surface area contributed by atoms with E-state index in [0.717, 1.165) is 11.6 Å². The van der Waals surface area contributed by atoms with Crippen molar-refractivity contribution < 1.29 is 0 Å². The highest BCUT2D eigenvalue weighted by molar-refractivity contribution is 5.07. The molecule has 2 rings (SSSR count). The Balaban J connectivity index is 1.88. The molecule has 3 atom stereocenters. The Morgan fingerprint density at radius 3 is 2.60 bits per heavy atom. The van der Waals surface area contributed by atoms with Gasteiger partial charge in [0.15, 0.2) is 0 Å². The van der Waals surface area contributed by atoms with Crippen molar-refractivity contribution in [3.8, 4) is 0 Å². The molecule has 2 heteroatoms. The van der Waals surface area contributed by atoms with Gasteiger partial charge in [0.2, 0.25) is 0 Å². The zero-order valence-corrected chi connectivity index (χ0v) is 13.5. The van der Waals surface area contributed by atoms with Gasteiger partial charge in [-0.25, -0.2) is 0 Å². The van der Waals surface area contributed by atoms with Crippen LogP contribution in [0.2, 0.25) is 0 Å². The molecule has 1 aliphatic rings. The van der Waals surface area contributed by atoms with E-state index in [1.165, 1.54) is 32.1 Å². The lowest BCUT2D eigenvalue weighted by Crippen LogP contribution is -2.31. The lowest BCUT2D eigenvalue weighted by Gasteiger charge is -2.30. The van der Waals surface area contributed by atoms with Gasteiger partial charge in [0.05, 0.1) is 5.69 Å². The Morgan fingerprint density at radius 2 is 1.95 bits per heavy atom.